The molecule has 0 aromatic carbocycles. The second-order valence-corrected chi connectivity index (χ2v) is 6.14. The van der Waals surface area contributed by atoms with E-state index in [1.54, 1.807) is 24.6 Å². The molecule has 0 aliphatic heterocycles. The largest absolute Gasteiger partial charge is 0.383 e. The number of aromatic nitrogens is 1. The Kier molecular flexibility index (Phi) is 10.6. The van der Waals surface area contributed by atoms with Crippen molar-refractivity contribution in [1.82, 2.24) is 15.6 Å². The number of hydrogen-bond donors (Lipinski definition) is 2. The fourth-order valence-corrected chi connectivity index (χ4v) is 2.75. The van der Waals surface area contributed by atoms with Crippen LogP contribution in [0.25, 0.3) is 0 Å². The number of guanidine groups is 1. The van der Waals surface area contributed by atoms with Gasteiger partial charge in [-0.05, 0) is 36.4 Å². The summed E-state index contributed by atoms with van der Waals surface area (Å²) in [5, 5.41) is 8.75. The molecule has 132 valence electrons. The molecule has 24 heavy (non-hydrogen) atoms. The Morgan fingerprint density at radius 3 is 2.79 bits per heavy atom. The standard InChI is InChI=1S/C17H24N4OS.HI/c1-14-5-3-8-18-16(14)13-21-17(20-10-11-22-2)19-9-7-15-6-4-12-23-15;/h3-6,8,12H,7,9-11,13H2,1-2H3,(H2,19,20,21);1H. The topological polar surface area (TPSA) is 58.5 Å². The highest BCUT2D eigenvalue weighted by Gasteiger charge is 2.02. The van der Waals surface area contributed by atoms with Crippen LogP contribution in [0.2, 0.25) is 0 Å². The number of rotatable bonds is 8. The van der Waals surface area contributed by atoms with Crippen molar-refractivity contribution in [3.8, 4) is 0 Å². The van der Waals surface area contributed by atoms with E-state index in [0.717, 1.165) is 36.7 Å². The summed E-state index contributed by atoms with van der Waals surface area (Å²) >= 11 is 1.78. The highest BCUT2D eigenvalue weighted by molar-refractivity contribution is 14.0. The van der Waals surface area contributed by atoms with Crippen LogP contribution in [-0.2, 0) is 17.7 Å². The second kappa shape index (κ2) is 12.2. The Labute approximate surface area is 165 Å². The Hall–Kier alpha value is -1.19. The number of nitrogens with one attached hydrogen (secondary N) is 2. The van der Waals surface area contributed by atoms with Crippen LogP contribution >= 0.6 is 35.3 Å². The molecule has 0 saturated carbocycles. The van der Waals surface area contributed by atoms with Crippen LogP contribution in [0, 0.1) is 6.92 Å². The number of aliphatic imine (C=N–C) groups is 1. The molecule has 0 bridgehead atoms. The molecule has 2 N–H and O–H groups in total. The van der Waals surface area contributed by atoms with E-state index >= 15 is 0 Å². The number of ether oxygens (including phenoxy) is 1. The SMILES string of the molecule is COCCNC(=NCc1ncccc1C)NCCc1cccs1.I. The average molecular weight is 460 g/mol. The fraction of sp³-hybridized carbons (Fsp3) is 0.412. The molecule has 0 saturated heterocycles. The molecule has 0 aliphatic carbocycles. The van der Waals surface area contributed by atoms with Crippen molar-refractivity contribution < 1.29 is 4.74 Å². The molecule has 2 aromatic heterocycles. The first kappa shape index (κ1) is 20.9. The zero-order valence-electron chi connectivity index (χ0n) is 14.1. The minimum atomic E-state index is 0. The van der Waals surface area contributed by atoms with Gasteiger partial charge in [-0.3, -0.25) is 4.98 Å². The van der Waals surface area contributed by atoms with Crippen LogP contribution in [0.15, 0.2) is 40.8 Å². The highest BCUT2D eigenvalue weighted by Crippen LogP contribution is 2.08. The van der Waals surface area contributed by atoms with E-state index in [0.29, 0.717) is 13.2 Å². The van der Waals surface area contributed by atoms with Gasteiger partial charge in [-0.2, -0.15) is 0 Å². The molecule has 0 aliphatic rings. The first-order valence-corrected chi connectivity index (χ1v) is 8.61. The number of aryl methyl sites for hydroxylation is 1. The van der Waals surface area contributed by atoms with Crippen molar-refractivity contribution >= 4 is 41.3 Å². The van der Waals surface area contributed by atoms with Crippen LogP contribution in [0.5, 0.6) is 0 Å². The maximum absolute atomic E-state index is 5.08. The van der Waals surface area contributed by atoms with Crippen LogP contribution in [0.3, 0.4) is 0 Å². The maximum Gasteiger partial charge on any atom is 0.191 e. The Balaban J connectivity index is 0.00000288. The molecule has 0 amide bonds. The second-order valence-electron chi connectivity index (χ2n) is 5.11. The molecular weight excluding hydrogens is 435 g/mol. The van der Waals surface area contributed by atoms with Gasteiger partial charge in [-0.25, -0.2) is 4.99 Å². The third-order valence-corrected chi connectivity index (χ3v) is 4.28. The molecular formula is C17H25IN4OS. The van der Waals surface area contributed by atoms with Crippen molar-refractivity contribution in [2.24, 2.45) is 4.99 Å². The van der Waals surface area contributed by atoms with Gasteiger partial charge in [-0.15, -0.1) is 35.3 Å². The number of hydrogen-bond acceptors (Lipinski definition) is 4. The summed E-state index contributed by atoms with van der Waals surface area (Å²) in [6.07, 6.45) is 2.80. The van der Waals surface area contributed by atoms with Crippen molar-refractivity contribution in [1.29, 1.82) is 0 Å². The minimum absolute atomic E-state index is 0. The van der Waals surface area contributed by atoms with E-state index in [9.17, 15) is 0 Å². The van der Waals surface area contributed by atoms with Gasteiger partial charge in [0, 0.05) is 31.3 Å². The van der Waals surface area contributed by atoms with Gasteiger partial charge in [0.05, 0.1) is 18.8 Å². The molecule has 0 radical (unpaired) electrons. The average Bonchev–Trinajstić information content (AvgIpc) is 3.07. The van der Waals surface area contributed by atoms with E-state index in [4.69, 9.17) is 4.74 Å². The molecule has 2 heterocycles. The Morgan fingerprint density at radius 2 is 2.08 bits per heavy atom. The van der Waals surface area contributed by atoms with Crippen molar-refractivity contribution in [3.63, 3.8) is 0 Å². The van der Waals surface area contributed by atoms with Gasteiger partial charge in [-0.1, -0.05) is 12.1 Å². The zero-order valence-corrected chi connectivity index (χ0v) is 17.3. The van der Waals surface area contributed by atoms with Crippen LogP contribution in [-0.4, -0.2) is 37.7 Å². The maximum atomic E-state index is 5.08. The third-order valence-electron chi connectivity index (χ3n) is 3.35. The summed E-state index contributed by atoms with van der Waals surface area (Å²) in [4.78, 5) is 10.4. The quantitative estimate of drug-likeness (QED) is 0.275. The van der Waals surface area contributed by atoms with E-state index in [1.165, 1.54) is 4.88 Å². The monoisotopic (exact) mass is 460 g/mol. The lowest BCUT2D eigenvalue weighted by Crippen LogP contribution is -2.40. The fourth-order valence-electron chi connectivity index (χ4n) is 2.04. The normalized spacial score (nSPS) is 11.0. The first-order valence-electron chi connectivity index (χ1n) is 7.73. The predicted octanol–water partition coefficient (Wildman–Crippen LogP) is 2.99. The number of thiophene rings is 1. The summed E-state index contributed by atoms with van der Waals surface area (Å²) in [6, 6.07) is 8.23. The Morgan fingerprint density at radius 1 is 1.25 bits per heavy atom. The van der Waals surface area contributed by atoms with E-state index in [-0.39, 0.29) is 24.0 Å². The molecule has 0 unspecified atom stereocenters. The zero-order chi connectivity index (χ0) is 16.3. The van der Waals surface area contributed by atoms with Gasteiger partial charge >= 0.3 is 0 Å². The predicted molar refractivity (Wildman–Crippen MR) is 111 cm³/mol. The van der Waals surface area contributed by atoms with Crippen molar-refractivity contribution in [2.75, 3.05) is 26.8 Å². The van der Waals surface area contributed by atoms with Crippen LogP contribution in [0.4, 0.5) is 0 Å². The molecule has 5 nitrogen and oxygen atoms in total. The van der Waals surface area contributed by atoms with E-state index < -0.39 is 0 Å². The summed E-state index contributed by atoms with van der Waals surface area (Å²) in [5.41, 5.74) is 2.16. The van der Waals surface area contributed by atoms with Gasteiger partial charge in [0.15, 0.2) is 5.96 Å². The van der Waals surface area contributed by atoms with E-state index in [1.807, 2.05) is 6.07 Å². The van der Waals surface area contributed by atoms with Crippen molar-refractivity contribution in [2.45, 2.75) is 19.9 Å². The number of methoxy groups -OCH3 is 1. The molecule has 0 fully saturated rings. The summed E-state index contributed by atoms with van der Waals surface area (Å²) in [6.45, 7) is 4.84. The van der Waals surface area contributed by atoms with Gasteiger partial charge in [0.1, 0.15) is 0 Å². The third kappa shape index (κ3) is 7.59. The number of pyridine rings is 1. The van der Waals surface area contributed by atoms with Gasteiger partial charge in [0.2, 0.25) is 0 Å². The lowest BCUT2D eigenvalue weighted by Gasteiger charge is -2.12. The van der Waals surface area contributed by atoms with Crippen molar-refractivity contribution in [3.05, 3.63) is 52.0 Å². The van der Waals surface area contributed by atoms with Crippen LogP contribution < -0.4 is 10.6 Å². The van der Waals surface area contributed by atoms with Gasteiger partial charge < -0.3 is 15.4 Å². The summed E-state index contributed by atoms with van der Waals surface area (Å²) in [5.74, 6) is 0.795. The highest BCUT2D eigenvalue weighted by atomic mass is 127. The number of nitrogens with zero attached hydrogens (tertiary/aromatic N) is 2. The molecule has 2 rings (SSSR count). The molecule has 0 atom stereocenters. The van der Waals surface area contributed by atoms with Gasteiger partial charge in [0.25, 0.3) is 0 Å². The molecule has 7 heteroatoms. The van der Waals surface area contributed by atoms with E-state index in [2.05, 4.69) is 51.1 Å². The minimum Gasteiger partial charge on any atom is -0.383 e. The summed E-state index contributed by atoms with van der Waals surface area (Å²) < 4.78 is 5.08. The number of halogens is 1. The molecule has 0 spiro atoms. The smallest absolute Gasteiger partial charge is 0.191 e. The van der Waals surface area contributed by atoms with Crippen LogP contribution in [0.1, 0.15) is 16.1 Å². The Bertz CT molecular complexity index is 604. The summed E-state index contributed by atoms with van der Waals surface area (Å²) in [7, 11) is 1.69. The molecule has 2 aromatic rings. The lowest BCUT2D eigenvalue weighted by molar-refractivity contribution is 0.203. The lowest BCUT2D eigenvalue weighted by atomic mass is 10.2. The first-order chi connectivity index (χ1) is 11.3.